The summed E-state index contributed by atoms with van der Waals surface area (Å²) in [6, 6.07) is 35.1. The summed E-state index contributed by atoms with van der Waals surface area (Å²) in [5, 5.41) is 11.6. The fraction of sp³-hybridized carbons (Fsp3) is 0. The second-order valence-electron chi connectivity index (χ2n) is 8.44. The van der Waals surface area contributed by atoms with Crippen LogP contribution in [-0.2, 0) is 0 Å². The summed E-state index contributed by atoms with van der Waals surface area (Å²) in [7, 11) is 0. The van der Waals surface area contributed by atoms with Crippen molar-refractivity contribution >= 4 is 71.3 Å². The Kier molecular flexibility index (Phi) is 3.76. The summed E-state index contributed by atoms with van der Waals surface area (Å²) >= 11 is 3.56. The number of hydrogen-bond donors (Lipinski definition) is 1. The molecule has 2 heteroatoms. The fourth-order valence-electron chi connectivity index (χ4n) is 5.15. The second-order valence-corrected chi connectivity index (χ2v) is 9.35. The van der Waals surface area contributed by atoms with Crippen LogP contribution in [0.4, 0.5) is 11.4 Å². The quantitative estimate of drug-likeness (QED) is 0.235. The summed E-state index contributed by atoms with van der Waals surface area (Å²) in [6.45, 7) is 0. The fourth-order valence-corrected chi connectivity index (χ4v) is 5.41. The van der Waals surface area contributed by atoms with E-state index >= 15 is 0 Å². The first-order valence-electron chi connectivity index (χ1n) is 10.8. The molecule has 1 aliphatic heterocycles. The van der Waals surface area contributed by atoms with Gasteiger partial charge in [0.2, 0.25) is 0 Å². The first-order chi connectivity index (χ1) is 15.8. The number of para-hydroxylation sites is 1. The molecule has 1 aliphatic rings. The number of rotatable bonds is 1. The standard InChI is InChI=1S/C30H18BrN/c31-22-13-8-18(9-14-22)16-25-23-6-1-2-7-27(23)32-30-24-15-12-20-5-3-4-19-10-11-21(17-26(25)30)29(24)28(19)20/h1-17,32H. The van der Waals surface area contributed by atoms with E-state index in [9.17, 15) is 0 Å². The van der Waals surface area contributed by atoms with Gasteiger partial charge in [0.25, 0.3) is 0 Å². The minimum Gasteiger partial charge on any atom is -0.354 e. The van der Waals surface area contributed by atoms with E-state index < -0.39 is 0 Å². The molecule has 0 unspecified atom stereocenters. The van der Waals surface area contributed by atoms with E-state index in [2.05, 4.69) is 124 Å². The highest BCUT2D eigenvalue weighted by Crippen LogP contribution is 2.48. The summed E-state index contributed by atoms with van der Waals surface area (Å²) in [6.07, 6.45) is 2.31. The SMILES string of the molecule is Brc1ccc(C=C2c3ccccc3Nc3c2cc2ccc4cccc5ccc3c2c45)cc1. The third-order valence-electron chi connectivity index (χ3n) is 6.60. The van der Waals surface area contributed by atoms with E-state index in [0.717, 1.165) is 10.2 Å². The molecule has 1 N–H and O–H groups in total. The Morgan fingerprint density at radius 2 is 1.38 bits per heavy atom. The van der Waals surface area contributed by atoms with Crippen LogP contribution < -0.4 is 5.32 Å². The van der Waals surface area contributed by atoms with Crippen molar-refractivity contribution in [2.75, 3.05) is 5.32 Å². The molecule has 0 fully saturated rings. The molecule has 1 heterocycles. The van der Waals surface area contributed by atoms with Crippen molar-refractivity contribution in [3.8, 4) is 0 Å². The molecule has 0 spiro atoms. The Balaban J connectivity index is 1.59. The van der Waals surface area contributed by atoms with E-state index in [0.29, 0.717) is 0 Å². The van der Waals surface area contributed by atoms with Gasteiger partial charge in [-0.25, -0.2) is 0 Å². The van der Waals surface area contributed by atoms with Crippen molar-refractivity contribution in [2.45, 2.75) is 0 Å². The van der Waals surface area contributed by atoms with Crippen molar-refractivity contribution in [1.29, 1.82) is 0 Å². The number of halogens is 1. The highest BCUT2D eigenvalue weighted by Gasteiger charge is 2.23. The van der Waals surface area contributed by atoms with E-state index in [1.54, 1.807) is 0 Å². The molecular formula is C30H18BrN. The van der Waals surface area contributed by atoms with Crippen LogP contribution in [0.15, 0.2) is 102 Å². The predicted molar refractivity (Wildman–Crippen MR) is 141 cm³/mol. The molecule has 7 rings (SSSR count). The van der Waals surface area contributed by atoms with Gasteiger partial charge < -0.3 is 5.32 Å². The van der Waals surface area contributed by atoms with Gasteiger partial charge in [0.05, 0.1) is 5.69 Å². The lowest BCUT2D eigenvalue weighted by atomic mass is 9.85. The summed E-state index contributed by atoms with van der Waals surface area (Å²) in [4.78, 5) is 0. The van der Waals surface area contributed by atoms with Crippen LogP contribution in [0, 0.1) is 0 Å². The van der Waals surface area contributed by atoms with E-state index in [-0.39, 0.29) is 0 Å². The molecule has 32 heavy (non-hydrogen) atoms. The summed E-state index contributed by atoms with van der Waals surface area (Å²) in [5.74, 6) is 0. The normalized spacial score (nSPS) is 14.1. The lowest BCUT2D eigenvalue weighted by Gasteiger charge is -2.27. The molecule has 0 aromatic heterocycles. The third kappa shape index (κ3) is 2.57. The molecule has 6 aromatic carbocycles. The minimum absolute atomic E-state index is 1.09. The van der Waals surface area contributed by atoms with Crippen LogP contribution in [0.1, 0.15) is 16.7 Å². The first kappa shape index (κ1) is 18.0. The largest absolute Gasteiger partial charge is 0.354 e. The van der Waals surface area contributed by atoms with Crippen LogP contribution in [0.3, 0.4) is 0 Å². The van der Waals surface area contributed by atoms with E-state index in [1.165, 1.54) is 60.3 Å². The zero-order chi connectivity index (χ0) is 21.2. The molecule has 0 amide bonds. The topological polar surface area (TPSA) is 12.0 Å². The van der Waals surface area contributed by atoms with Gasteiger partial charge in [0.1, 0.15) is 0 Å². The smallest absolute Gasteiger partial charge is 0.0544 e. The molecule has 6 aromatic rings. The summed E-state index contributed by atoms with van der Waals surface area (Å²) < 4.78 is 1.09. The van der Waals surface area contributed by atoms with Crippen molar-refractivity contribution in [3.63, 3.8) is 0 Å². The third-order valence-corrected chi connectivity index (χ3v) is 7.12. The molecule has 0 saturated carbocycles. The first-order valence-corrected chi connectivity index (χ1v) is 11.6. The zero-order valence-corrected chi connectivity index (χ0v) is 18.8. The van der Waals surface area contributed by atoms with Gasteiger partial charge in [-0.1, -0.05) is 88.7 Å². The Morgan fingerprint density at radius 3 is 2.22 bits per heavy atom. The Labute approximate surface area is 194 Å². The molecule has 0 bridgehead atoms. The van der Waals surface area contributed by atoms with Gasteiger partial charge in [-0.15, -0.1) is 0 Å². The van der Waals surface area contributed by atoms with Gasteiger partial charge in [-0.3, -0.25) is 0 Å². The van der Waals surface area contributed by atoms with Crippen molar-refractivity contribution in [3.05, 3.63) is 118 Å². The molecule has 150 valence electrons. The van der Waals surface area contributed by atoms with Gasteiger partial charge in [0, 0.05) is 26.7 Å². The summed E-state index contributed by atoms with van der Waals surface area (Å²) in [5.41, 5.74) is 7.27. The molecule has 1 nitrogen and oxygen atoms in total. The number of anilines is 2. The zero-order valence-electron chi connectivity index (χ0n) is 17.2. The van der Waals surface area contributed by atoms with Gasteiger partial charge in [-0.05, 0) is 68.4 Å². The molecular weight excluding hydrogens is 454 g/mol. The Morgan fingerprint density at radius 1 is 0.625 bits per heavy atom. The van der Waals surface area contributed by atoms with Crippen LogP contribution in [0.2, 0.25) is 0 Å². The highest BCUT2D eigenvalue weighted by molar-refractivity contribution is 9.10. The lowest BCUT2D eigenvalue weighted by Crippen LogP contribution is -2.07. The van der Waals surface area contributed by atoms with E-state index in [1.807, 2.05) is 0 Å². The Hall–Kier alpha value is -3.62. The van der Waals surface area contributed by atoms with E-state index in [4.69, 9.17) is 0 Å². The molecule has 0 radical (unpaired) electrons. The monoisotopic (exact) mass is 471 g/mol. The molecule has 0 aliphatic carbocycles. The average Bonchev–Trinajstić information content (AvgIpc) is 2.83. The number of nitrogens with one attached hydrogen (secondary N) is 1. The maximum atomic E-state index is 3.77. The van der Waals surface area contributed by atoms with Crippen LogP contribution in [0.25, 0.3) is 44.0 Å². The van der Waals surface area contributed by atoms with Crippen LogP contribution in [0.5, 0.6) is 0 Å². The van der Waals surface area contributed by atoms with Crippen molar-refractivity contribution in [2.24, 2.45) is 0 Å². The van der Waals surface area contributed by atoms with Gasteiger partial charge >= 0.3 is 0 Å². The van der Waals surface area contributed by atoms with Crippen molar-refractivity contribution in [1.82, 2.24) is 0 Å². The highest BCUT2D eigenvalue weighted by atomic mass is 79.9. The maximum Gasteiger partial charge on any atom is 0.0544 e. The van der Waals surface area contributed by atoms with Crippen LogP contribution >= 0.6 is 15.9 Å². The Bertz CT molecular complexity index is 1680. The molecule has 0 saturated heterocycles. The lowest BCUT2D eigenvalue weighted by molar-refractivity contribution is 1.47. The average molecular weight is 472 g/mol. The number of fused-ring (bicyclic) bond motifs is 3. The van der Waals surface area contributed by atoms with Gasteiger partial charge in [-0.2, -0.15) is 0 Å². The van der Waals surface area contributed by atoms with Crippen molar-refractivity contribution < 1.29 is 0 Å². The molecule has 0 atom stereocenters. The maximum absolute atomic E-state index is 3.77. The van der Waals surface area contributed by atoms with Gasteiger partial charge in [0.15, 0.2) is 0 Å². The minimum atomic E-state index is 1.09. The second kappa shape index (κ2) is 6.69. The number of benzene rings is 6. The number of hydrogen-bond acceptors (Lipinski definition) is 1. The predicted octanol–water partition coefficient (Wildman–Crippen LogP) is 8.99. The van der Waals surface area contributed by atoms with Crippen LogP contribution in [-0.4, -0.2) is 0 Å².